The maximum atomic E-state index is 6.42. The van der Waals surface area contributed by atoms with E-state index in [1.807, 2.05) is 0 Å². The van der Waals surface area contributed by atoms with E-state index in [1.165, 1.54) is 178 Å². The van der Waals surface area contributed by atoms with Crippen molar-refractivity contribution < 1.29 is 0 Å². The number of aromatic amines is 2. The highest BCUT2D eigenvalue weighted by atomic mass is 14.8. The molecule has 562 valence electrons. The average molecular weight is 1460 g/mol. The molecule has 8 atom stereocenters. The molecular formula is C108H110N4. The number of nitrogens with one attached hydrogen (secondary N) is 2. The standard InChI is InChI=1S/C108H110N4/c1-101(2,3)53-25-33-61-69(41-53)85-62-34-26-54(102(4,5)6)42-70(62)86(61)94-78-50-80-96-88-65-37-29-58(106(16,17)18)46-74(65)90(66-38-30-57(45-73(66)88)105(13,14)15)98(96)82(111-80)52-84-100-92-68-40-32-59(107(19,20)21)47-75(68)91(67-39-31-60(48-76(67)92)108(22,23)24)99(100)83(112-84)51-81-97-89-64-36-28-55(103(7,8)9)43-71(64)87(63-35-27-56(44-72(63)89)104(10,11)12)95(97)79(110-81)49-77(109-78)93(85)94/h25-52,85-92,109,112H,1-24H3. The Bertz CT molecular complexity index is 5610. The van der Waals surface area contributed by atoms with E-state index in [4.69, 9.17) is 9.97 Å². The summed E-state index contributed by atoms with van der Waals surface area (Å²) >= 11 is 0. The number of H-pyrrole nitrogens is 2. The fraction of sp³-hybridized carbons (Fsp3) is 0.370. The second-order valence-electron chi connectivity index (χ2n) is 43.8. The van der Waals surface area contributed by atoms with Gasteiger partial charge in [-0.05, 0) is 246 Å². The molecule has 0 amide bonds. The third kappa shape index (κ3) is 9.78. The number of nitrogens with zero attached hydrogens (tertiary/aromatic N) is 2. The van der Waals surface area contributed by atoms with Crippen molar-refractivity contribution in [3.8, 4) is 0 Å². The molecule has 16 bridgehead atoms. The van der Waals surface area contributed by atoms with E-state index in [2.05, 4.69) is 346 Å². The first kappa shape index (κ1) is 70.2. The minimum Gasteiger partial charge on any atom is -0.355 e. The lowest BCUT2D eigenvalue weighted by atomic mass is 9.59. The summed E-state index contributed by atoms with van der Waals surface area (Å²) in [6, 6.07) is 71.0. The molecule has 14 aliphatic rings. The summed E-state index contributed by atoms with van der Waals surface area (Å²) in [5.41, 5.74) is 52.8. The van der Waals surface area contributed by atoms with Gasteiger partial charge in [0.15, 0.2) is 0 Å². The van der Waals surface area contributed by atoms with Crippen LogP contribution in [0.25, 0.3) is 44.4 Å². The van der Waals surface area contributed by atoms with E-state index >= 15 is 0 Å². The van der Waals surface area contributed by atoms with Gasteiger partial charge in [0.25, 0.3) is 0 Å². The summed E-state index contributed by atoms with van der Waals surface area (Å²) < 4.78 is 0. The fourth-order valence-corrected chi connectivity index (χ4v) is 22.4. The van der Waals surface area contributed by atoms with Gasteiger partial charge in [0.2, 0.25) is 0 Å². The van der Waals surface area contributed by atoms with Crippen LogP contribution in [0.4, 0.5) is 0 Å². The number of fused-ring (bicyclic) bond motifs is 8. The Morgan fingerprint density at radius 2 is 0.321 bits per heavy atom. The molecule has 5 heterocycles. The van der Waals surface area contributed by atoms with Gasteiger partial charge in [0.05, 0.1) is 22.8 Å². The van der Waals surface area contributed by atoms with Crippen LogP contribution in [-0.2, 0) is 43.3 Å². The molecule has 0 fully saturated rings. The van der Waals surface area contributed by atoms with Crippen LogP contribution in [0.15, 0.2) is 170 Å². The Balaban J connectivity index is 0.945. The van der Waals surface area contributed by atoms with Crippen molar-refractivity contribution in [2.45, 2.75) is 257 Å². The molecule has 0 radical (unpaired) electrons. The zero-order valence-corrected chi connectivity index (χ0v) is 70.7. The lowest BCUT2D eigenvalue weighted by Crippen LogP contribution is -2.28. The molecule has 4 heteroatoms. The predicted molar refractivity (Wildman–Crippen MR) is 467 cm³/mol. The Morgan fingerprint density at radius 3 is 0.473 bits per heavy atom. The summed E-state index contributed by atoms with van der Waals surface area (Å²) in [7, 11) is 0. The van der Waals surface area contributed by atoms with E-state index in [0.29, 0.717) is 0 Å². The maximum absolute atomic E-state index is 6.42. The summed E-state index contributed by atoms with van der Waals surface area (Å²) in [6.07, 6.45) is 0. The van der Waals surface area contributed by atoms with Gasteiger partial charge in [-0.1, -0.05) is 312 Å². The molecule has 12 aliphatic carbocycles. The Labute approximate surface area is 665 Å². The SMILES string of the molecule is CC(C)(C)c1ccc2c(c1)C1C3=C(c4cc5[nH]c(cc6nc(cc7[nH]c(cc3n4)c3c7C4c7ccc(C(C)(C)C)cc7C3c3ccc(C(C)(C)C)cc34)C3=C6C4c6ccc(C(C)(C)C)cc6C3c3ccc(C(C)(C)C)cc34)c3c5C4c5ccc(C(C)(C)C)cc5C3c3ccc(C(C)(C)C)cc34)C2c2cc(C(C)(C)C)ccc21. The number of aromatic nitrogens is 4. The fourth-order valence-electron chi connectivity index (χ4n) is 22.4. The number of rotatable bonds is 0. The van der Waals surface area contributed by atoms with Crippen molar-refractivity contribution >= 4 is 44.4 Å². The minimum absolute atomic E-state index is 0.0519. The Hall–Kier alpha value is -9.64. The van der Waals surface area contributed by atoms with Gasteiger partial charge < -0.3 is 9.97 Å². The van der Waals surface area contributed by atoms with Crippen LogP contribution in [0.5, 0.6) is 0 Å². The first-order chi connectivity index (χ1) is 52.6. The molecule has 4 nitrogen and oxygen atoms in total. The van der Waals surface area contributed by atoms with Crippen molar-refractivity contribution in [1.82, 2.24) is 19.9 Å². The number of allylic oxidation sites excluding steroid dienone is 4. The maximum Gasteiger partial charge on any atom is 0.0703 e. The summed E-state index contributed by atoms with van der Waals surface area (Å²) in [5, 5.41) is 0. The molecular weight excluding hydrogens is 1350 g/mol. The molecule has 8 aromatic carbocycles. The first-order valence-electron chi connectivity index (χ1n) is 42.0. The van der Waals surface area contributed by atoms with Crippen LogP contribution in [0.3, 0.4) is 0 Å². The van der Waals surface area contributed by atoms with Gasteiger partial charge in [-0.25, -0.2) is 9.97 Å². The highest BCUT2D eigenvalue weighted by Crippen LogP contribution is 2.68. The zero-order chi connectivity index (χ0) is 78.3. The van der Waals surface area contributed by atoms with Gasteiger partial charge in [-0.3, -0.25) is 0 Å². The zero-order valence-electron chi connectivity index (χ0n) is 70.7. The molecule has 112 heavy (non-hydrogen) atoms. The van der Waals surface area contributed by atoms with Gasteiger partial charge in [0, 0.05) is 69.4 Å². The van der Waals surface area contributed by atoms with E-state index in [-0.39, 0.29) is 90.7 Å². The minimum atomic E-state index is -0.0640. The van der Waals surface area contributed by atoms with Gasteiger partial charge in [0.1, 0.15) is 0 Å². The smallest absolute Gasteiger partial charge is 0.0703 e. The van der Waals surface area contributed by atoms with Crippen molar-refractivity contribution in [2.24, 2.45) is 0 Å². The van der Waals surface area contributed by atoms with E-state index in [9.17, 15) is 0 Å². The van der Waals surface area contributed by atoms with Crippen molar-refractivity contribution in [3.05, 3.63) is 348 Å². The van der Waals surface area contributed by atoms with Gasteiger partial charge in [-0.2, -0.15) is 0 Å². The van der Waals surface area contributed by atoms with Crippen LogP contribution in [0, 0.1) is 0 Å². The van der Waals surface area contributed by atoms with E-state index in [1.54, 1.807) is 0 Å². The molecule has 2 N–H and O–H groups in total. The van der Waals surface area contributed by atoms with Crippen LogP contribution in [0.1, 0.15) is 392 Å². The van der Waals surface area contributed by atoms with Crippen molar-refractivity contribution in [1.29, 1.82) is 0 Å². The number of hydrogen-bond acceptors (Lipinski definition) is 2. The summed E-state index contributed by atoms with van der Waals surface area (Å²) in [5.74, 6) is -0.464. The largest absolute Gasteiger partial charge is 0.355 e. The third-order valence-corrected chi connectivity index (χ3v) is 28.5. The van der Waals surface area contributed by atoms with E-state index in [0.717, 1.165) is 44.8 Å². The Morgan fingerprint density at radius 1 is 0.179 bits per heavy atom. The monoisotopic (exact) mass is 1460 g/mol. The molecule has 3 aromatic heterocycles. The lowest BCUT2D eigenvalue weighted by Gasteiger charge is -2.43. The number of hydrogen-bond donors (Lipinski definition) is 2. The van der Waals surface area contributed by atoms with Crippen LogP contribution in [0.2, 0.25) is 0 Å². The molecule has 0 saturated heterocycles. The highest BCUT2D eigenvalue weighted by Gasteiger charge is 2.53. The molecule has 8 unspecified atom stereocenters. The van der Waals surface area contributed by atoms with Gasteiger partial charge in [-0.15, -0.1) is 0 Å². The summed E-state index contributed by atoms with van der Waals surface area (Å²) in [6.45, 7) is 57.2. The summed E-state index contributed by atoms with van der Waals surface area (Å²) in [4.78, 5) is 21.9. The molecule has 25 rings (SSSR count). The normalized spacial score (nSPS) is 21.1. The molecule has 11 aromatic rings. The van der Waals surface area contributed by atoms with E-state index < -0.39 is 0 Å². The highest BCUT2D eigenvalue weighted by molar-refractivity contribution is 6.08. The van der Waals surface area contributed by atoms with Crippen LogP contribution in [-0.4, -0.2) is 19.9 Å². The van der Waals surface area contributed by atoms with Crippen LogP contribution < -0.4 is 0 Å². The third-order valence-electron chi connectivity index (χ3n) is 28.5. The quantitative estimate of drug-likeness (QED) is 0.159. The van der Waals surface area contributed by atoms with Crippen molar-refractivity contribution in [2.75, 3.05) is 0 Å². The molecule has 2 aliphatic heterocycles. The first-order valence-corrected chi connectivity index (χ1v) is 42.0. The second kappa shape index (κ2) is 22.2. The van der Waals surface area contributed by atoms with Crippen molar-refractivity contribution in [3.63, 3.8) is 0 Å². The second-order valence-corrected chi connectivity index (χ2v) is 43.8. The molecule has 0 saturated carbocycles. The lowest BCUT2D eigenvalue weighted by molar-refractivity contribution is 0.584. The van der Waals surface area contributed by atoms with Crippen LogP contribution >= 0.6 is 0 Å². The Kier molecular flexibility index (Phi) is 13.9. The molecule has 0 spiro atoms. The van der Waals surface area contributed by atoms with Gasteiger partial charge >= 0.3 is 0 Å². The average Bonchev–Trinajstić information content (AvgIpc) is 1.46. The number of benzene rings is 8. The topological polar surface area (TPSA) is 57.4 Å². The predicted octanol–water partition coefficient (Wildman–Crippen LogP) is 27.1.